The molecule has 0 spiro atoms. The molecule has 1 rings (SSSR count). The van der Waals surface area contributed by atoms with Gasteiger partial charge in [-0.25, -0.2) is 0 Å². The van der Waals surface area contributed by atoms with Crippen LogP contribution < -0.4 is 16.1 Å². The van der Waals surface area contributed by atoms with Gasteiger partial charge in [-0.05, 0) is 6.07 Å². The van der Waals surface area contributed by atoms with E-state index in [1.165, 1.54) is 0 Å². The Labute approximate surface area is 68.4 Å². The van der Waals surface area contributed by atoms with Crippen LogP contribution in [0.5, 0.6) is 0 Å². The largest absolute Gasteiger partial charge is 0.387 e. The summed E-state index contributed by atoms with van der Waals surface area (Å²) < 4.78 is 0. The topological polar surface area (TPSA) is 24.1 Å². The Morgan fingerprint density at radius 2 is 1.91 bits per heavy atom. The minimum Gasteiger partial charge on any atom is -0.387 e. The molecule has 2 nitrogen and oxygen atoms in total. The van der Waals surface area contributed by atoms with Gasteiger partial charge in [0.2, 0.25) is 0 Å². The molecule has 0 saturated carbocycles. The van der Waals surface area contributed by atoms with Crippen LogP contribution in [0.1, 0.15) is 0 Å². The maximum atomic E-state index is 5.70. The molecule has 0 aromatic heterocycles. The Hall–Kier alpha value is -1.12. The number of benzene rings is 1. The summed E-state index contributed by atoms with van der Waals surface area (Å²) in [4.78, 5) is 0. The van der Waals surface area contributed by atoms with Gasteiger partial charge in [0.05, 0.1) is 11.4 Å². The highest BCUT2D eigenvalue weighted by atomic mass is 14.9. The van der Waals surface area contributed by atoms with Gasteiger partial charge in [-0.1, -0.05) is 17.6 Å². The van der Waals surface area contributed by atoms with E-state index in [1.807, 2.05) is 32.3 Å². The van der Waals surface area contributed by atoms with Crippen molar-refractivity contribution >= 4 is 24.7 Å². The van der Waals surface area contributed by atoms with Crippen molar-refractivity contribution in [3.05, 3.63) is 18.2 Å². The van der Waals surface area contributed by atoms with Crippen molar-refractivity contribution < 1.29 is 0 Å². The third-order valence-corrected chi connectivity index (χ3v) is 1.62. The van der Waals surface area contributed by atoms with E-state index in [0.717, 1.165) is 16.8 Å². The zero-order chi connectivity index (χ0) is 8.27. The Balaban J connectivity index is 3.13. The lowest BCUT2D eigenvalue weighted by Crippen LogP contribution is -2.11. The first kappa shape index (κ1) is 7.99. The van der Waals surface area contributed by atoms with E-state index < -0.39 is 0 Å². The summed E-state index contributed by atoms with van der Waals surface area (Å²) in [5, 5.41) is 6.07. The molecule has 2 N–H and O–H groups in total. The van der Waals surface area contributed by atoms with Gasteiger partial charge in [0.25, 0.3) is 0 Å². The number of nitrogens with one attached hydrogen (secondary N) is 2. The lowest BCUT2D eigenvalue weighted by Gasteiger charge is -2.10. The standard InChI is InChI=1S/C8H11BN2/c1-10-7-5-3-4-6(9)8(7)11-2/h3-5,10-11H,1-2H3. The van der Waals surface area contributed by atoms with E-state index in [9.17, 15) is 0 Å². The minimum atomic E-state index is 0.763. The van der Waals surface area contributed by atoms with Gasteiger partial charge in [-0.15, -0.1) is 0 Å². The molecule has 0 heterocycles. The van der Waals surface area contributed by atoms with Crippen LogP contribution in [0, 0.1) is 0 Å². The van der Waals surface area contributed by atoms with Crippen molar-refractivity contribution in [2.75, 3.05) is 24.7 Å². The summed E-state index contributed by atoms with van der Waals surface area (Å²) in [6.45, 7) is 0. The molecule has 0 aliphatic carbocycles. The van der Waals surface area contributed by atoms with E-state index in [1.54, 1.807) is 0 Å². The van der Waals surface area contributed by atoms with E-state index in [4.69, 9.17) is 7.85 Å². The van der Waals surface area contributed by atoms with Crippen molar-refractivity contribution in [2.45, 2.75) is 0 Å². The molecular formula is C8H11BN2. The molecule has 0 aliphatic heterocycles. The lowest BCUT2D eigenvalue weighted by molar-refractivity contribution is 1.47. The van der Waals surface area contributed by atoms with Crippen molar-refractivity contribution in [1.29, 1.82) is 0 Å². The zero-order valence-electron chi connectivity index (χ0n) is 6.81. The van der Waals surface area contributed by atoms with Gasteiger partial charge in [0.15, 0.2) is 0 Å². The molecule has 1 aromatic rings. The van der Waals surface area contributed by atoms with Crippen LogP contribution in [-0.4, -0.2) is 21.9 Å². The molecule has 3 heteroatoms. The molecule has 56 valence electrons. The Morgan fingerprint density at radius 1 is 1.18 bits per heavy atom. The van der Waals surface area contributed by atoms with Gasteiger partial charge >= 0.3 is 0 Å². The molecule has 0 fully saturated rings. The summed E-state index contributed by atoms with van der Waals surface area (Å²) >= 11 is 0. The molecule has 1 aromatic carbocycles. The SMILES string of the molecule is [B]c1cccc(NC)c1NC. The predicted octanol–water partition coefficient (Wildman–Crippen LogP) is 0.564. The molecule has 0 aliphatic rings. The number of rotatable bonds is 2. The quantitative estimate of drug-likeness (QED) is 0.595. The average Bonchev–Trinajstić information content (AvgIpc) is 2.04. The molecule has 0 atom stereocenters. The predicted molar refractivity (Wildman–Crippen MR) is 50.9 cm³/mol. The summed E-state index contributed by atoms with van der Waals surface area (Å²) in [5.74, 6) is 0. The van der Waals surface area contributed by atoms with Crippen LogP contribution >= 0.6 is 0 Å². The molecule has 2 radical (unpaired) electrons. The molecule has 0 amide bonds. The smallest absolute Gasteiger partial charge is 0.116 e. The third-order valence-electron chi connectivity index (χ3n) is 1.62. The fraction of sp³-hybridized carbons (Fsp3) is 0.250. The van der Waals surface area contributed by atoms with E-state index in [2.05, 4.69) is 10.6 Å². The molecular weight excluding hydrogens is 135 g/mol. The van der Waals surface area contributed by atoms with Gasteiger partial charge in [-0.2, -0.15) is 0 Å². The first-order valence-corrected chi connectivity index (χ1v) is 3.53. The Kier molecular flexibility index (Phi) is 2.42. The van der Waals surface area contributed by atoms with Crippen LogP contribution in [0.2, 0.25) is 0 Å². The van der Waals surface area contributed by atoms with Gasteiger partial charge in [0, 0.05) is 14.1 Å². The maximum absolute atomic E-state index is 5.70. The van der Waals surface area contributed by atoms with Crippen molar-refractivity contribution in [3.8, 4) is 0 Å². The monoisotopic (exact) mass is 146 g/mol. The molecule has 0 bridgehead atoms. The fourth-order valence-electron chi connectivity index (χ4n) is 1.06. The van der Waals surface area contributed by atoms with Crippen LogP contribution in [0.3, 0.4) is 0 Å². The van der Waals surface area contributed by atoms with E-state index >= 15 is 0 Å². The van der Waals surface area contributed by atoms with Crippen LogP contribution in [0.4, 0.5) is 11.4 Å². The Morgan fingerprint density at radius 3 is 2.36 bits per heavy atom. The first-order chi connectivity index (χ1) is 5.29. The normalized spacial score (nSPS) is 9.27. The second-order valence-corrected chi connectivity index (χ2v) is 2.27. The second kappa shape index (κ2) is 3.33. The minimum absolute atomic E-state index is 0.763. The number of hydrogen-bond acceptors (Lipinski definition) is 2. The third kappa shape index (κ3) is 1.48. The second-order valence-electron chi connectivity index (χ2n) is 2.27. The number of para-hydroxylation sites is 1. The fourth-order valence-corrected chi connectivity index (χ4v) is 1.06. The Bertz CT molecular complexity index is 248. The summed E-state index contributed by atoms with van der Waals surface area (Å²) in [6.07, 6.45) is 0. The maximum Gasteiger partial charge on any atom is 0.116 e. The van der Waals surface area contributed by atoms with Crippen LogP contribution in [0.25, 0.3) is 0 Å². The highest BCUT2D eigenvalue weighted by Gasteiger charge is 1.98. The molecule has 0 saturated heterocycles. The number of anilines is 2. The van der Waals surface area contributed by atoms with E-state index in [-0.39, 0.29) is 0 Å². The van der Waals surface area contributed by atoms with Crippen molar-refractivity contribution in [1.82, 2.24) is 0 Å². The highest BCUT2D eigenvalue weighted by Crippen LogP contribution is 2.16. The molecule has 0 unspecified atom stereocenters. The van der Waals surface area contributed by atoms with E-state index in [0.29, 0.717) is 0 Å². The molecule has 11 heavy (non-hydrogen) atoms. The van der Waals surface area contributed by atoms with Gasteiger partial charge in [0.1, 0.15) is 7.85 Å². The first-order valence-electron chi connectivity index (χ1n) is 3.53. The summed E-state index contributed by atoms with van der Waals surface area (Å²) in [7, 11) is 9.43. The highest BCUT2D eigenvalue weighted by molar-refractivity contribution is 6.36. The van der Waals surface area contributed by atoms with Gasteiger partial charge in [-0.3, -0.25) is 0 Å². The van der Waals surface area contributed by atoms with Gasteiger partial charge < -0.3 is 10.6 Å². The lowest BCUT2D eigenvalue weighted by atomic mass is 9.93. The van der Waals surface area contributed by atoms with Crippen molar-refractivity contribution in [3.63, 3.8) is 0 Å². The summed E-state index contributed by atoms with van der Waals surface area (Å²) in [6, 6.07) is 5.76. The summed E-state index contributed by atoms with van der Waals surface area (Å²) in [5.41, 5.74) is 2.74. The van der Waals surface area contributed by atoms with Crippen LogP contribution in [-0.2, 0) is 0 Å². The zero-order valence-corrected chi connectivity index (χ0v) is 6.81. The van der Waals surface area contributed by atoms with Crippen molar-refractivity contribution in [2.24, 2.45) is 0 Å². The average molecular weight is 146 g/mol. The van der Waals surface area contributed by atoms with Crippen LogP contribution in [0.15, 0.2) is 18.2 Å². The number of hydrogen-bond donors (Lipinski definition) is 2.